The van der Waals surface area contributed by atoms with Crippen molar-refractivity contribution in [3.63, 3.8) is 0 Å². The molecule has 1 heterocycles. The molecule has 6 nitrogen and oxygen atoms in total. The van der Waals surface area contributed by atoms with E-state index in [0.717, 1.165) is 0 Å². The topological polar surface area (TPSA) is 101 Å². The summed E-state index contributed by atoms with van der Waals surface area (Å²) < 4.78 is 27.2. The number of piperidine rings is 1. The van der Waals surface area contributed by atoms with E-state index in [1.807, 2.05) is 0 Å². The van der Waals surface area contributed by atoms with Gasteiger partial charge in [0.25, 0.3) is 0 Å². The van der Waals surface area contributed by atoms with Crippen LogP contribution in [0.2, 0.25) is 0 Å². The van der Waals surface area contributed by atoms with Crippen LogP contribution in [-0.2, 0) is 14.8 Å². The van der Waals surface area contributed by atoms with Crippen LogP contribution in [0.25, 0.3) is 0 Å². The van der Waals surface area contributed by atoms with E-state index in [2.05, 4.69) is 10.0 Å². The zero-order valence-corrected chi connectivity index (χ0v) is 11.5. The zero-order chi connectivity index (χ0) is 14.0. The Balaban J connectivity index is 2.21. The lowest BCUT2D eigenvalue weighted by Gasteiger charge is -2.24. The molecule has 7 heteroatoms. The monoisotopic (exact) mass is 283 g/mol. The minimum atomic E-state index is -3.67. The number of amides is 1. The maximum Gasteiger partial charge on any atom is 0.243 e. The average molecular weight is 283 g/mol. The first kappa shape index (κ1) is 13.8. The average Bonchev–Trinajstić information content (AvgIpc) is 2.31. The first-order chi connectivity index (χ1) is 8.90. The number of nitrogens with one attached hydrogen (secondary N) is 2. The first-order valence-electron chi connectivity index (χ1n) is 6.04. The van der Waals surface area contributed by atoms with E-state index in [1.165, 1.54) is 0 Å². The van der Waals surface area contributed by atoms with Crippen LogP contribution < -0.4 is 15.8 Å². The van der Waals surface area contributed by atoms with Crippen LogP contribution in [0.3, 0.4) is 0 Å². The summed E-state index contributed by atoms with van der Waals surface area (Å²) >= 11 is 0. The Morgan fingerprint density at radius 1 is 1.42 bits per heavy atom. The molecule has 0 spiro atoms. The second-order valence-corrected chi connectivity index (χ2v) is 6.31. The molecule has 1 amide bonds. The maximum atomic E-state index is 12.3. The quantitative estimate of drug-likeness (QED) is 0.686. The Hall–Kier alpha value is -1.60. The Labute approximate surface area is 112 Å². The molecule has 1 saturated heterocycles. The van der Waals surface area contributed by atoms with Gasteiger partial charge in [0.2, 0.25) is 15.9 Å². The molecule has 1 fully saturated rings. The second kappa shape index (κ2) is 5.18. The fourth-order valence-electron chi connectivity index (χ4n) is 2.15. The molecule has 1 atom stereocenters. The molecule has 104 valence electrons. The number of sulfonamides is 1. The first-order valence-corrected chi connectivity index (χ1v) is 7.52. The molecule has 1 aliphatic heterocycles. The molecule has 1 aromatic rings. The van der Waals surface area contributed by atoms with Gasteiger partial charge in [-0.2, -0.15) is 0 Å². The normalized spacial score (nSPS) is 20.1. The van der Waals surface area contributed by atoms with E-state index in [1.54, 1.807) is 25.1 Å². The number of carbonyl (C=O) groups excluding carboxylic acids is 1. The third-order valence-corrected chi connectivity index (χ3v) is 4.84. The molecule has 0 radical (unpaired) electrons. The van der Waals surface area contributed by atoms with Gasteiger partial charge < -0.3 is 11.1 Å². The Morgan fingerprint density at radius 3 is 2.74 bits per heavy atom. The molecule has 1 unspecified atom stereocenters. The van der Waals surface area contributed by atoms with Gasteiger partial charge in [0, 0.05) is 19.0 Å². The predicted octanol–water partition coefficient (Wildman–Crippen LogP) is 0.134. The lowest BCUT2D eigenvalue weighted by atomic mass is 10.1. The molecular formula is C12H17N3O3S. The minimum absolute atomic E-state index is 0.0501. The minimum Gasteiger partial charge on any atom is -0.398 e. The van der Waals surface area contributed by atoms with Crippen molar-refractivity contribution in [3.05, 3.63) is 23.8 Å². The number of nitrogen functional groups attached to an aromatic ring is 1. The van der Waals surface area contributed by atoms with Crippen LogP contribution in [0.1, 0.15) is 18.4 Å². The van der Waals surface area contributed by atoms with Crippen LogP contribution in [0.15, 0.2) is 23.1 Å². The van der Waals surface area contributed by atoms with Gasteiger partial charge in [0.1, 0.15) is 4.90 Å². The van der Waals surface area contributed by atoms with E-state index in [9.17, 15) is 13.2 Å². The summed E-state index contributed by atoms with van der Waals surface area (Å²) in [6.07, 6.45) is 0.827. The molecule has 19 heavy (non-hydrogen) atoms. The van der Waals surface area contributed by atoms with E-state index in [-0.39, 0.29) is 22.5 Å². The van der Waals surface area contributed by atoms with Crippen LogP contribution in [0.5, 0.6) is 0 Å². The van der Waals surface area contributed by atoms with Gasteiger partial charge in [-0.15, -0.1) is 0 Å². The van der Waals surface area contributed by atoms with E-state index in [0.29, 0.717) is 24.9 Å². The molecule has 1 aromatic carbocycles. The lowest BCUT2D eigenvalue weighted by Crippen LogP contribution is -2.47. The van der Waals surface area contributed by atoms with Gasteiger partial charge in [-0.1, -0.05) is 12.1 Å². The van der Waals surface area contributed by atoms with Crippen molar-refractivity contribution < 1.29 is 13.2 Å². The van der Waals surface area contributed by atoms with E-state index >= 15 is 0 Å². The van der Waals surface area contributed by atoms with Gasteiger partial charge in [-0.05, 0) is 25.0 Å². The van der Waals surface area contributed by atoms with Crippen molar-refractivity contribution in [1.82, 2.24) is 10.0 Å². The number of rotatable bonds is 3. The highest BCUT2D eigenvalue weighted by atomic mass is 32.2. The largest absolute Gasteiger partial charge is 0.398 e. The lowest BCUT2D eigenvalue weighted by molar-refractivity contribution is -0.122. The summed E-state index contributed by atoms with van der Waals surface area (Å²) in [6.45, 7) is 2.01. The summed E-state index contributed by atoms with van der Waals surface area (Å²) in [4.78, 5) is 11.2. The summed E-state index contributed by atoms with van der Waals surface area (Å²) in [7, 11) is -3.67. The van der Waals surface area contributed by atoms with Crippen molar-refractivity contribution in [1.29, 1.82) is 0 Å². The van der Waals surface area contributed by atoms with Gasteiger partial charge in [0.05, 0.1) is 5.69 Å². The molecular weight excluding hydrogens is 266 g/mol. The number of carbonyl (C=O) groups is 1. The van der Waals surface area contributed by atoms with Crippen molar-refractivity contribution in [2.24, 2.45) is 0 Å². The second-order valence-electron chi connectivity index (χ2n) is 4.65. The molecule has 0 bridgehead atoms. The number of hydrogen-bond donors (Lipinski definition) is 3. The number of anilines is 1. The molecule has 4 N–H and O–H groups in total. The summed E-state index contributed by atoms with van der Waals surface area (Å²) in [6, 6.07) is 4.68. The summed E-state index contributed by atoms with van der Waals surface area (Å²) in [5.74, 6) is -0.0501. The fourth-order valence-corrected chi connectivity index (χ4v) is 3.78. The predicted molar refractivity (Wildman–Crippen MR) is 71.9 cm³/mol. The maximum absolute atomic E-state index is 12.3. The number of benzene rings is 1. The van der Waals surface area contributed by atoms with E-state index in [4.69, 9.17) is 5.73 Å². The van der Waals surface area contributed by atoms with Gasteiger partial charge in [-0.3, -0.25) is 4.79 Å². The van der Waals surface area contributed by atoms with Crippen molar-refractivity contribution in [2.45, 2.75) is 30.7 Å². The van der Waals surface area contributed by atoms with Crippen molar-refractivity contribution >= 4 is 21.6 Å². The smallest absolute Gasteiger partial charge is 0.243 e. The third kappa shape index (κ3) is 3.05. The van der Waals surface area contributed by atoms with Gasteiger partial charge >= 0.3 is 0 Å². The highest BCUT2D eigenvalue weighted by Crippen LogP contribution is 2.22. The molecule has 2 rings (SSSR count). The van der Waals surface area contributed by atoms with Crippen LogP contribution >= 0.6 is 0 Å². The van der Waals surface area contributed by atoms with Crippen molar-refractivity contribution in [2.75, 3.05) is 12.3 Å². The van der Waals surface area contributed by atoms with Crippen LogP contribution in [-0.4, -0.2) is 26.9 Å². The Morgan fingerprint density at radius 2 is 2.16 bits per heavy atom. The number of aryl methyl sites for hydroxylation is 1. The standard InChI is InChI=1S/C12H17N3O3S/c1-8-3-2-4-10(13)12(8)19(17,18)15-9-5-6-11(16)14-7-9/h2-4,9,15H,5-7,13H2,1H3,(H,14,16). The number of hydrogen-bond acceptors (Lipinski definition) is 4. The van der Waals surface area contributed by atoms with Gasteiger partial charge in [-0.25, -0.2) is 13.1 Å². The SMILES string of the molecule is Cc1cccc(N)c1S(=O)(=O)NC1CCC(=O)NC1. The molecule has 0 aliphatic carbocycles. The van der Waals surface area contributed by atoms with Crippen molar-refractivity contribution in [3.8, 4) is 0 Å². The molecule has 0 saturated carbocycles. The summed E-state index contributed by atoms with van der Waals surface area (Å²) in [5, 5.41) is 2.64. The van der Waals surface area contributed by atoms with Gasteiger partial charge in [0.15, 0.2) is 0 Å². The highest BCUT2D eigenvalue weighted by Gasteiger charge is 2.26. The Kier molecular flexibility index (Phi) is 3.77. The Bertz CT molecular complexity index is 568. The molecule has 0 aromatic heterocycles. The molecule has 1 aliphatic rings. The van der Waals surface area contributed by atoms with Crippen LogP contribution in [0.4, 0.5) is 5.69 Å². The van der Waals surface area contributed by atoms with Crippen LogP contribution in [0, 0.1) is 6.92 Å². The summed E-state index contributed by atoms with van der Waals surface area (Å²) in [5.41, 5.74) is 6.58. The number of nitrogens with two attached hydrogens (primary N) is 1. The third-order valence-electron chi connectivity index (χ3n) is 3.10. The van der Waals surface area contributed by atoms with E-state index < -0.39 is 10.0 Å². The fraction of sp³-hybridized carbons (Fsp3) is 0.417. The zero-order valence-electron chi connectivity index (χ0n) is 10.6. The highest BCUT2D eigenvalue weighted by molar-refractivity contribution is 7.89.